The third kappa shape index (κ3) is 3.70. The smallest absolute Gasteiger partial charge is 0.224 e. The molecule has 1 saturated carbocycles. The van der Waals surface area contributed by atoms with Crippen molar-refractivity contribution in [2.24, 2.45) is 0 Å². The standard InChI is InChI=1S/C20H27N3O2/c1-4-20(25)21-15-9-10-16(19(24)11-15)17-12-18(14-7-5-6-8-14)23(22-17)13(2)3/h9-14,24H,4-8H2,1-3H3,(H,21,25). The Morgan fingerprint density at radius 2 is 2.04 bits per heavy atom. The number of aromatic hydroxyl groups is 1. The fraction of sp³-hybridized carbons (Fsp3) is 0.500. The molecule has 134 valence electrons. The van der Waals surface area contributed by atoms with Gasteiger partial charge in [-0.2, -0.15) is 5.10 Å². The van der Waals surface area contributed by atoms with Crippen LogP contribution in [0.4, 0.5) is 5.69 Å². The summed E-state index contributed by atoms with van der Waals surface area (Å²) < 4.78 is 2.09. The molecule has 5 nitrogen and oxygen atoms in total. The van der Waals surface area contributed by atoms with Crippen molar-refractivity contribution in [1.82, 2.24) is 9.78 Å². The molecule has 0 saturated heterocycles. The van der Waals surface area contributed by atoms with Crippen molar-refractivity contribution in [3.63, 3.8) is 0 Å². The largest absolute Gasteiger partial charge is 0.507 e. The van der Waals surface area contributed by atoms with Crippen LogP contribution in [0.3, 0.4) is 0 Å². The third-order valence-corrected chi connectivity index (χ3v) is 4.91. The number of amides is 1. The number of hydrogen-bond acceptors (Lipinski definition) is 3. The lowest BCUT2D eigenvalue weighted by molar-refractivity contribution is -0.115. The van der Waals surface area contributed by atoms with Crippen molar-refractivity contribution in [3.05, 3.63) is 30.0 Å². The first-order valence-corrected chi connectivity index (χ1v) is 9.22. The third-order valence-electron chi connectivity index (χ3n) is 4.91. The summed E-state index contributed by atoms with van der Waals surface area (Å²) in [6.45, 7) is 6.07. The molecule has 2 N–H and O–H groups in total. The van der Waals surface area contributed by atoms with Crippen LogP contribution in [0.1, 0.15) is 70.5 Å². The van der Waals surface area contributed by atoms with Gasteiger partial charge in [-0.3, -0.25) is 9.48 Å². The molecule has 0 spiro atoms. The quantitative estimate of drug-likeness (QED) is 0.817. The van der Waals surface area contributed by atoms with Crippen molar-refractivity contribution in [1.29, 1.82) is 0 Å². The van der Waals surface area contributed by atoms with Crippen LogP contribution in [0, 0.1) is 0 Å². The first-order chi connectivity index (χ1) is 12.0. The first-order valence-electron chi connectivity index (χ1n) is 9.22. The fourth-order valence-electron chi connectivity index (χ4n) is 3.56. The van der Waals surface area contributed by atoms with E-state index in [1.165, 1.54) is 31.4 Å². The first kappa shape index (κ1) is 17.5. The zero-order valence-electron chi connectivity index (χ0n) is 15.2. The summed E-state index contributed by atoms with van der Waals surface area (Å²) >= 11 is 0. The van der Waals surface area contributed by atoms with E-state index >= 15 is 0 Å². The highest BCUT2D eigenvalue weighted by atomic mass is 16.3. The van der Waals surface area contributed by atoms with Crippen molar-refractivity contribution >= 4 is 11.6 Å². The number of aromatic nitrogens is 2. The molecule has 1 fully saturated rings. The highest BCUT2D eigenvalue weighted by Gasteiger charge is 2.24. The molecule has 1 aromatic heterocycles. The number of hydrogen-bond donors (Lipinski definition) is 2. The summed E-state index contributed by atoms with van der Waals surface area (Å²) in [6.07, 6.45) is 5.39. The second kappa shape index (κ2) is 7.30. The van der Waals surface area contributed by atoms with Gasteiger partial charge in [-0.25, -0.2) is 0 Å². The van der Waals surface area contributed by atoms with Crippen molar-refractivity contribution < 1.29 is 9.90 Å². The number of phenolic OH excluding ortho intramolecular Hbond substituents is 1. The number of rotatable bonds is 5. The predicted octanol–water partition coefficient (Wildman–Crippen LogP) is 4.84. The SMILES string of the molecule is CCC(=O)Nc1ccc(-c2cc(C3CCCC3)n(C(C)C)n2)c(O)c1. The lowest BCUT2D eigenvalue weighted by atomic mass is 10.0. The average Bonchev–Trinajstić information content (AvgIpc) is 3.24. The highest BCUT2D eigenvalue weighted by Crippen LogP contribution is 2.38. The van der Waals surface area contributed by atoms with E-state index in [-0.39, 0.29) is 17.7 Å². The molecular weight excluding hydrogens is 314 g/mol. The average molecular weight is 341 g/mol. The van der Waals surface area contributed by atoms with E-state index < -0.39 is 0 Å². The van der Waals surface area contributed by atoms with Gasteiger partial charge >= 0.3 is 0 Å². The number of nitrogens with one attached hydrogen (secondary N) is 1. The lowest BCUT2D eigenvalue weighted by Crippen LogP contribution is -2.10. The van der Waals surface area contributed by atoms with Gasteiger partial charge in [-0.15, -0.1) is 0 Å². The van der Waals surface area contributed by atoms with Gasteiger partial charge in [0.05, 0.1) is 5.69 Å². The topological polar surface area (TPSA) is 67.2 Å². The highest BCUT2D eigenvalue weighted by molar-refractivity contribution is 5.91. The van der Waals surface area contributed by atoms with E-state index in [4.69, 9.17) is 5.10 Å². The van der Waals surface area contributed by atoms with Gasteiger partial charge in [-0.05, 0) is 44.9 Å². The Morgan fingerprint density at radius 3 is 2.64 bits per heavy atom. The second-order valence-corrected chi connectivity index (χ2v) is 7.11. The molecule has 1 aromatic carbocycles. The minimum Gasteiger partial charge on any atom is -0.507 e. The van der Waals surface area contributed by atoms with Gasteiger partial charge in [0, 0.05) is 41.4 Å². The minimum absolute atomic E-state index is 0.0697. The lowest BCUT2D eigenvalue weighted by Gasteiger charge is -2.15. The second-order valence-electron chi connectivity index (χ2n) is 7.11. The number of phenols is 1. The van der Waals surface area contributed by atoms with Crippen LogP contribution in [0.15, 0.2) is 24.3 Å². The summed E-state index contributed by atoms with van der Waals surface area (Å²) in [5.41, 5.74) is 3.37. The summed E-state index contributed by atoms with van der Waals surface area (Å²) in [5.74, 6) is 0.633. The Bertz CT molecular complexity index is 758. The Balaban J connectivity index is 1.93. The predicted molar refractivity (Wildman–Crippen MR) is 99.8 cm³/mol. The van der Waals surface area contributed by atoms with Crippen LogP contribution in [0.2, 0.25) is 0 Å². The van der Waals surface area contributed by atoms with Crippen LogP contribution < -0.4 is 5.32 Å². The van der Waals surface area contributed by atoms with Gasteiger partial charge in [0.15, 0.2) is 0 Å². The van der Waals surface area contributed by atoms with Gasteiger partial charge in [0.2, 0.25) is 5.91 Å². The molecule has 1 aliphatic rings. The minimum atomic E-state index is -0.0697. The van der Waals surface area contributed by atoms with Crippen molar-refractivity contribution in [2.75, 3.05) is 5.32 Å². The Morgan fingerprint density at radius 1 is 1.32 bits per heavy atom. The number of carbonyl (C=O) groups excluding carboxylic acids is 1. The van der Waals surface area contributed by atoms with Gasteiger partial charge in [-0.1, -0.05) is 19.8 Å². The molecule has 0 unspecified atom stereocenters. The van der Waals surface area contributed by atoms with E-state index in [1.807, 2.05) is 12.1 Å². The molecule has 2 aromatic rings. The number of anilines is 1. The molecule has 3 rings (SSSR count). The molecule has 1 aliphatic carbocycles. The molecule has 1 amide bonds. The monoisotopic (exact) mass is 341 g/mol. The summed E-state index contributed by atoms with van der Waals surface area (Å²) in [4.78, 5) is 11.5. The van der Waals surface area contributed by atoms with Crippen LogP contribution >= 0.6 is 0 Å². The van der Waals surface area contributed by atoms with E-state index in [0.717, 1.165) is 5.69 Å². The molecule has 0 bridgehead atoms. The maximum Gasteiger partial charge on any atom is 0.224 e. The number of benzene rings is 1. The Hall–Kier alpha value is -2.30. The number of nitrogens with zero attached hydrogens (tertiary/aromatic N) is 2. The van der Waals surface area contributed by atoms with Crippen molar-refractivity contribution in [3.8, 4) is 17.0 Å². The maximum absolute atomic E-state index is 11.5. The molecule has 0 aliphatic heterocycles. The summed E-state index contributed by atoms with van der Waals surface area (Å²) in [5, 5.41) is 18.0. The Kier molecular flexibility index (Phi) is 5.11. The zero-order valence-corrected chi connectivity index (χ0v) is 15.2. The fourth-order valence-corrected chi connectivity index (χ4v) is 3.56. The van der Waals surface area contributed by atoms with E-state index in [1.54, 1.807) is 13.0 Å². The normalized spacial score (nSPS) is 15.0. The van der Waals surface area contributed by atoms with E-state index in [0.29, 0.717) is 23.6 Å². The maximum atomic E-state index is 11.5. The van der Waals surface area contributed by atoms with Crippen molar-refractivity contribution in [2.45, 2.75) is 64.8 Å². The van der Waals surface area contributed by atoms with Crippen LogP contribution in [0.25, 0.3) is 11.3 Å². The summed E-state index contributed by atoms with van der Waals surface area (Å²) in [6, 6.07) is 7.63. The van der Waals surface area contributed by atoms with Crippen LogP contribution in [-0.4, -0.2) is 20.8 Å². The van der Waals surface area contributed by atoms with Gasteiger partial charge in [0.25, 0.3) is 0 Å². The summed E-state index contributed by atoms with van der Waals surface area (Å²) in [7, 11) is 0. The molecular formula is C20H27N3O2. The zero-order chi connectivity index (χ0) is 18.0. The van der Waals surface area contributed by atoms with Crippen LogP contribution in [-0.2, 0) is 4.79 Å². The van der Waals surface area contributed by atoms with Gasteiger partial charge in [0.1, 0.15) is 5.75 Å². The molecule has 1 heterocycles. The molecule has 25 heavy (non-hydrogen) atoms. The van der Waals surface area contributed by atoms with E-state index in [2.05, 4.69) is 29.9 Å². The Labute approximate surface area is 149 Å². The number of carbonyl (C=O) groups is 1. The molecule has 0 atom stereocenters. The molecule has 5 heteroatoms. The molecule has 0 radical (unpaired) electrons. The van der Waals surface area contributed by atoms with E-state index in [9.17, 15) is 9.90 Å². The van der Waals surface area contributed by atoms with Gasteiger partial charge < -0.3 is 10.4 Å². The van der Waals surface area contributed by atoms with Crippen LogP contribution in [0.5, 0.6) is 5.75 Å².